The molecule has 142 valence electrons. The zero-order chi connectivity index (χ0) is 19.1. The summed E-state index contributed by atoms with van der Waals surface area (Å²) in [6.07, 6.45) is 3.52. The Kier molecular flexibility index (Phi) is 4.99. The van der Waals surface area contributed by atoms with Gasteiger partial charge in [-0.05, 0) is 56.7 Å². The number of ketones is 1. The molecule has 0 spiro atoms. The van der Waals surface area contributed by atoms with Crippen LogP contribution in [0.25, 0.3) is 10.8 Å². The molecule has 0 unspecified atom stereocenters. The lowest BCUT2D eigenvalue weighted by atomic mass is 9.90. The van der Waals surface area contributed by atoms with Gasteiger partial charge in [-0.3, -0.25) is 4.79 Å². The number of aryl methyl sites for hydroxylation is 2. The van der Waals surface area contributed by atoms with Crippen LogP contribution in [0.1, 0.15) is 45.5 Å². The summed E-state index contributed by atoms with van der Waals surface area (Å²) in [5, 5.41) is 8.76. The molecular weight excluding hydrogens is 378 g/mol. The van der Waals surface area contributed by atoms with Crippen LogP contribution in [-0.4, -0.2) is 26.3 Å². The maximum absolute atomic E-state index is 12.5. The van der Waals surface area contributed by atoms with Crippen molar-refractivity contribution in [2.24, 2.45) is 13.0 Å². The molecule has 0 bridgehead atoms. The summed E-state index contributed by atoms with van der Waals surface area (Å²) in [4.78, 5) is 15.0. The number of rotatable bonds is 5. The third kappa shape index (κ3) is 3.62. The molecule has 5 nitrogen and oxygen atoms in total. The van der Waals surface area contributed by atoms with Gasteiger partial charge < -0.3 is 8.98 Å². The number of carbonyl (C=O) groups excluding carboxylic acids is 1. The van der Waals surface area contributed by atoms with Crippen molar-refractivity contribution in [1.29, 1.82) is 0 Å². The van der Waals surface area contributed by atoms with Gasteiger partial charge >= 0.3 is 0 Å². The Labute approximate surface area is 167 Å². The van der Waals surface area contributed by atoms with E-state index in [0.717, 1.165) is 40.6 Å². The second-order valence-corrected chi connectivity index (χ2v) is 9.40. The largest absolute Gasteiger partial charge is 0.410 e. The summed E-state index contributed by atoms with van der Waals surface area (Å²) in [6.45, 7) is 6.27. The van der Waals surface area contributed by atoms with E-state index in [1.807, 2.05) is 31.5 Å². The zero-order valence-corrected chi connectivity index (χ0v) is 17.7. The van der Waals surface area contributed by atoms with Crippen LogP contribution in [-0.2, 0) is 19.9 Å². The highest BCUT2D eigenvalue weighted by molar-refractivity contribution is 7.99. The van der Waals surface area contributed by atoms with Gasteiger partial charge in [-0.25, -0.2) is 0 Å². The number of aromatic nitrogens is 3. The van der Waals surface area contributed by atoms with Crippen molar-refractivity contribution in [3.05, 3.63) is 39.5 Å². The topological polar surface area (TPSA) is 60.9 Å². The summed E-state index contributed by atoms with van der Waals surface area (Å²) in [6, 6.07) is 4.13. The number of fused-ring (bicyclic) bond motifs is 1. The molecule has 0 amide bonds. The van der Waals surface area contributed by atoms with Crippen LogP contribution in [0.4, 0.5) is 0 Å². The summed E-state index contributed by atoms with van der Waals surface area (Å²) >= 11 is 3.06. The van der Waals surface area contributed by atoms with Crippen LogP contribution in [0, 0.1) is 19.8 Å². The van der Waals surface area contributed by atoms with E-state index in [2.05, 4.69) is 23.2 Å². The number of hydrogen-bond donors (Lipinski definition) is 0. The molecule has 0 saturated carbocycles. The molecule has 0 radical (unpaired) electrons. The summed E-state index contributed by atoms with van der Waals surface area (Å²) in [5.41, 5.74) is 4.26. The fourth-order valence-corrected chi connectivity index (χ4v) is 5.30. The fraction of sp³-hybridized carbons (Fsp3) is 0.450. The summed E-state index contributed by atoms with van der Waals surface area (Å²) in [7, 11) is 1.97. The van der Waals surface area contributed by atoms with E-state index < -0.39 is 0 Å². The third-order valence-electron chi connectivity index (χ3n) is 5.35. The molecule has 1 atom stereocenters. The molecule has 1 aliphatic rings. The summed E-state index contributed by atoms with van der Waals surface area (Å²) in [5.74, 6) is 1.68. The average Bonchev–Trinajstić information content (AvgIpc) is 3.33. The molecule has 0 N–H and O–H groups in total. The van der Waals surface area contributed by atoms with E-state index in [9.17, 15) is 4.79 Å². The van der Waals surface area contributed by atoms with E-state index in [1.165, 1.54) is 28.6 Å². The van der Waals surface area contributed by atoms with Gasteiger partial charge in [-0.15, -0.1) is 21.5 Å². The molecule has 3 heterocycles. The van der Waals surface area contributed by atoms with Gasteiger partial charge in [0.1, 0.15) is 0 Å². The number of hydrogen-bond acceptors (Lipinski definition) is 6. The Bertz CT molecular complexity index is 999. The maximum atomic E-state index is 12.5. The van der Waals surface area contributed by atoms with Gasteiger partial charge in [0.2, 0.25) is 0 Å². The first-order chi connectivity index (χ1) is 12.9. The predicted molar refractivity (Wildman–Crippen MR) is 109 cm³/mol. The Balaban J connectivity index is 1.44. The van der Waals surface area contributed by atoms with Crippen molar-refractivity contribution in [2.75, 3.05) is 5.75 Å². The molecule has 7 heteroatoms. The van der Waals surface area contributed by atoms with Crippen molar-refractivity contribution in [3.63, 3.8) is 0 Å². The Hall–Kier alpha value is -1.86. The normalized spacial score (nSPS) is 16.5. The van der Waals surface area contributed by atoms with Crippen molar-refractivity contribution in [3.8, 4) is 10.8 Å². The average molecular weight is 402 g/mol. The quantitative estimate of drug-likeness (QED) is 0.452. The molecule has 27 heavy (non-hydrogen) atoms. The first-order valence-corrected chi connectivity index (χ1v) is 11.0. The minimum atomic E-state index is 0.0847. The van der Waals surface area contributed by atoms with Crippen LogP contribution in [0.5, 0.6) is 0 Å². The highest BCUT2D eigenvalue weighted by Crippen LogP contribution is 2.37. The smallest absolute Gasteiger partial charge is 0.277 e. The second-order valence-electron chi connectivity index (χ2n) is 7.34. The molecule has 0 aromatic carbocycles. The highest BCUT2D eigenvalue weighted by Gasteiger charge is 2.21. The lowest BCUT2D eigenvalue weighted by molar-refractivity contribution is 0.102. The Morgan fingerprint density at radius 1 is 1.37 bits per heavy atom. The van der Waals surface area contributed by atoms with Crippen molar-refractivity contribution >= 4 is 28.9 Å². The number of thioether (sulfide) groups is 1. The minimum absolute atomic E-state index is 0.0847. The van der Waals surface area contributed by atoms with E-state index >= 15 is 0 Å². The van der Waals surface area contributed by atoms with Crippen molar-refractivity contribution in [2.45, 2.75) is 45.3 Å². The number of nitrogens with zero attached hydrogens (tertiary/aromatic N) is 3. The molecule has 0 fully saturated rings. The van der Waals surface area contributed by atoms with E-state index in [-0.39, 0.29) is 5.78 Å². The number of thiophene rings is 1. The molecule has 4 rings (SSSR count). The molecule has 0 saturated heterocycles. The number of Topliss-reactive ketones (excluding diaryl/α,β-unsaturated/α-hetero) is 1. The highest BCUT2D eigenvalue weighted by atomic mass is 32.2. The standard InChI is InChI=1S/C20H23N3O2S2/c1-11-5-6-17-14(7-11)9-18(27-17)19-21-22-20(25-19)26-10-16(24)15-8-12(2)23(4)13(15)3/h8-9,11H,5-7,10H2,1-4H3/t11-/m1/s1. The molecule has 3 aromatic rings. The van der Waals surface area contributed by atoms with Gasteiger partial charge in [0.25, 0.3) is 11.1 Å². The molecule has 3 aromatic heterocycles. The second kappa shape index (κ2) is 7.28. The SMILES string of the molecule is Cc1cc(C(=O)CSc2nnc(-c3cc4c(s3)CC[C@@H](C)C4)o2)c(C)n1C. The molecular formula is C20H23N3O2S2. The fourth-order valence-electron chi connectivity index (χ4n) is 3.52. The Morgan fingerprint density at radius 2 is 2.19 bits per heavy atom. The van der Waals surface area contributed by atoms with Crippen molar-refractivity contribution < 1.29 is 9.21 Å². The van der Waals surface area contributed by atoms with Gasteiger partial charge in [0.05, 0.1) is 10.6 Å². The lowest BCUT2D eigenvalue weighted by Gasteiger charge is -2.16. The first-order valence-electron chi connectivity index (χ1n) is 9.16. The van der Waals surface area contributed by atoms with Gasteiger partial charge in [0.15, 0.2) is 5.78 Å². The summed E-state index contributed by atoms with van der Waals surface area (Å²) < 4.78 is 7.84. The monoisotopic (exact) mass is 401 g/mol. The van der Waals surface area contributed by atoms with E-state index in [4.69, 9.17) is 4.42 Å². The predicted octanol–water partition coefficient (Wildman–Crippen LogP) is 4.85. The van der Waals surface area contributed by atoms with Crippen LogP contribution in [0.3, 0.4) is 0 Å². The van der Waals surface area contributed by atoms with Gasteiger partial charge in [-0.2, -0.15) is 0 Å². The lowest BCUT2D eigenvalue weighted by Crippen LogP contribution is -2.07. The van der Waals surface area contributed by atoms with Gasteiger partial charge in [0, 0.05) is 28.9 Å². The zero-order valence-electron chi connectivity index (χ0n) is 16.0. The van der Waals surface area contributed by atoms with Crippen LogP contribution in [0.2, 0.25) is 0 Å². The third-order valence-corrected chi connectivity index (χ3v) is 7.39. The van der Waals surface area contributed by atoms with Crippen LogP contribution >= 0.6 is 23.1 Å². The molecule has 1 aliphatic carbocycles. The van der Waals surface area contributed by atoms with Crippen molar-refractivity contribution in [1.82, 2.24) is 14.8 Å². The molecule has 0 aliphatic heterocycles. The van der Waals surface area contributed by atoms with Crippen LogP contribution < -0.4 is 0 Å². The number of carbonyl (C=O) groups is 1. The van der Waals surface area contributed by atoms with E-state index in [1.54, 1.807) is 11.3 Å². The minimum Gasteiger partial charge on any atom is -0.410 e. The van der Waals surface area contributed by atoms with Gasteiger partial charge in [-0.1, -0.05) is 18.7 Å². The van der Waals surface area contributed by atoms with E-state index in [0.29, 0.717) is 16.9 Å². The first kappa shape index (κ1) is 18.5. The Morgan fingerprint density at radius 3 is 2.93 bits per heavy atom. The maximum Gasteiger partial charge on any atom is 0.277 e. The van der Waals surface area contributed by atoms with Crippen LogP contribution in [0.15, 0.2) is 21.8 Å².